The molecule has 82 valence electrons. The topological polar surface area (TPSA) is 26.3 Å². The molecule has 1 aromatic rings. The number of hydrogen-bond donors (Lipinski definition) is 0. The summed E-state index contributed by atoms with van der Waals surface area (Å²) in [4.78, 5) is 11.2. The van der Waals surface area contributed by atoms with Crippen molar-refractivity contribution in [2.24, 2.45) is 0 Å². The van der Waals surface area contributed by atoms with Crippen LogP contribution in [0.4, 0.5) is 8.78 Å². The second kappa shape index (κ2) is 4.38. The fourth-order valence-electron chi connectivity index (χ4n) is 1.40. The summed E-state index contributed by atoms with van der Waals surface area (Å²) < 4.78 is 28.3. The molecule has 0 saturated heterocycles. The molecule has 0 fully saturated rings. The van der Waals surface area contributed by atoms with Crippen molar-refractivity contribution < 1.29 is 18.3 Å². The lowest BCUT2D eigenvalue weighted by Crippen LogP contribution is -2.06. The van der Waals surface area contributed by atoms with Gasteiger partial charge in [0.05, 0.1) is 0 Å². The van der Waals surface area contributed by atoms with Gasteiger partial charge in [0.25, 0.3) is 0 Å². The van der Waals surface area contributed by atoms with E-state index in [1.165, 1.54) is 19.1 Å². The SMILES string of the molecule is CC(=O)c1ccc(OC(F)F)c(C)c1C. The van der Waals surface area contributed by atoms with Crippen LogP contribution in [0.15, 0.2) is 12.1 Å². The Labute approximate surface area is 86.9 Å². The minimum absolute atomic E-state index is 0.0841. The Hall–Kier alpha value is -1.45. The standard InChI is InChI=1S/C11H12F2O2/c1-6-7(2)10(15-11(12)13)5-4-9(6)8(3)14/h4-5,11H,1-3H3. The average Bonchev–Trinajstić information content (AvgIpc) is 2.12. The third kappa shape index (κ3) is 2.52. The van der Waals surface area contributed by atoms with Crippen LogP contribution in [0, 0.1) is 13.8 Å². The molecule has 0 aliphatic carbocycles. The molecule has 15 heavy (non-hydrogen) atoms. The quantitative estimate of drug-likeness (QED) is 0.722. The molecule has 1 rings (SSSR count). The van der Waals surface area contributed by atoms with E-state index < -0.39 is 6.61 Å². The van der Waals surface area contributed by atoms with Crippen LogP contribution in [0.2, 0.25) is 0 Å². The summed E-state index contributed by atoms with van der Waals surface area (Å²) in [5, 5.41) is 0. The van der Waals surface area contributed by atoms with Crippen molar-refractivity contribution in [1.29, 1.82) is 0 Å². The molecule has 0 radical (unpaired) electrons. The summed E-state index contributed by atoms with van der Waals surface area (Å²) in [6, 6.07) is 2.90. The number of alkyl halides is 2. The van der Waals surface area contributed by atoms with Gasteiger partial charge in [-0.3, -0.25) is 4.79 Å². The number of hydrogen-bond acceptors (Lipinski definition) is 2. The number of Topliss-reactive ketones (excluding diaryl/α,β-unsaturated/α-hetero) is 1. The normalized spacial score (nSPS) is 10.5. The summed E-state index contributed by atoms with van der Waals surface area (Å²) in [7, 11) is 0. The summed E-state index contributed by atoms with van der Waals surface area (Å²) in [5.41, 5.74) is 1.79. The molecule has 4 heteroatoms. The molecule has 0 aliphatic heterocycles. The van der Waals surface area contributed by atoms with E-state index in [0.29, 0.717) is 16.7 Å². The predicted molar refractivity (Wildman–Crippen MR) is 52.6 cm³/mol. The molecule has 0 atom stereocenters. The molecule has 2 nitrogen and oxygen atoms in total. The molecular formula is C11H12F2O2. The first kappa shape index (κ1) is 11.6. The number of carbonyl (C=O) groups is 1. The van der Waals surface area contributed by atoms with Gasteiger partial charge in [0, 0.05) is 5.56 Å². The molecule has 0 amide bonds. The van der Waals surface area contributed by atoms with Gasteiger partial charge in [-0.1, -0.05) is 0 Å². The first-order chi connectivity index (χ1) is 6.93. The molecule has 1 aromatic carbocycles. The van der Waals surface area contributed by atoms with E-state index in [9.17, 15) is 13.6 Å². The lowest BCUT2D eigenvalue weighted by atomic mass is 10.00. The first-order valence-electron chi connectivity index (χ1n) is 4.49. The van der Waals surface area contributed by atoms with Crippen molar-refractivity contribution in [3.05, 3.63) is 28.8 Å². The molecule has 0 aliphatic rings. The number of ketones is 1. The highest BCUT2D eigenvalue weighted by atomic mass is 19.3. The number of halogens is 2. The van der Waals surface area contributed by atoms with E-state index in [2.05, 4.69) is 4.74 Å². The van der Waals surface area contributed by atoms with Crippen LogP contribution < -0.4 is 4.74 Å². The Morgan fingerprint density at radius 1 is 1.27 bits per heavy atom. The highest BCUT2D eigenvalue weighted by Gasteiger charge is 2.12. The van der Waals surface area contributed by atoms with E-state index >= 15 is 0 Å². The summed E-state index contributed by atoms with van der Waals surface area (Å²) in [5.74, 6) is 0.0340. The van der Waals surface area contributed by atoms with Crippen LogP contribution in [0.25, 0.3) is 0 Å². The molecule has 0 bridgehead atoms. The van der Waals surface area contributed by atoms with Crippen molar-refractivity contribution in [1.82, 2.24) is 0 Å². The monoisotopic (exact) mass is 214 g/mol. The van der Waals surface area contributed by atoms with Gasteiger partial charge in [-0.05, 0) is 44.0 Å². The Morgan fingerprint density at radius 2 is 1.87 bits per heavy atom. The first-order valence-corrected chi connectivity index (χ1v) is 4.49. The minimum atomic E-state index is -2.84. The maximum absolute atomic E-state index is 12.0. The highest BCUT2D eigenvalue weighted by Crippen LogP contribution is 2.25. The van der Waals surface area contributed by atoms with Crippen LogP contribution >= 0.6 is 0 Å². The maximum atomic E-state index is 12.0. The molecule has 0 unspecified atom stereocenters. The zero-order valence-electron chi connectivity index (χ0n) is 8.80. The number of rotatable bonds is 3. The zero-order valence-corrected chi connectivity index (χ0v) is 8.80. The molecule has 0 N–H and O–H groups in total. The molecule has 0 aromatic heterocycles. The van der Waals surface area contributed by atoms with Crippen LogP contribution in [-0.4, -0.2) is 12.4 Å². The van der Waals surface area contributed by atoms with Crippen molar-refractivity contribution in [3.8, 4) is 5.75 Å². The molecule has 0 saturated carbocycles. The van der Waals surface area contributed by atoms with Crippen LogP contribution in [0.5, 0.6) is 5.75 Å². The third-order valence-corrected chi connectivity index (χ3v) is 2.33. The van der Waals surface area contributed by atoms with Crippen molar-refractivity contribution in [2.45, 2.75) is 27.4 Å². The minimum Gasteiger partial charge on any atom is -0.435 e. The molecular weight excluding hydrogens is 202 g/mol. The van der Waals surface area contributed by atoms with Gasteiger partial charge in [0.1, 0.15) is 5.75 Å². The van der Waals surface area contributed by atoms with Crippen molar-refractivity contribution in [2.75, 3.05) is 0 Å². The van der Waals surface area contributed by atoms with Gasteiger partial charge < -0.3 is 4.74 Å². The van der Waals surface area contributed by atoms with E-state index in [4.69, 9.17) is 0 Å². The Bertz CT molecular complexity index is 386. The lowest BCUT2D eigenvalue weighted by molar-refractivity contribution is -0.0503. The second-order valence-electron chi connectivity index (χ2n) is 3.30. The van der Waals surface area contributed by atoms with Gasteiger partial charge in [-0.15, -0.1) is 0 Å². The largest absolute Gasteiger partial charge is 0.435 e. The van der Waals surface area contributed by atoms with E-state index in [-0.39, 0.29) is 11.5 Å². The van der Waals surface area contributed by atoms with Crippen LogP contribution in [0.1, 0.15) is 28.4 Å². The summed E-state index contributed by atoms with van der Waals surface area (Å²) in [6.07, 6.45) is 0. The van der Waals surface area contributed by atoms with Gasteiger partial charge in [-0.2, -0.15) is 8.78 Å². The van der Waals surface area contributed by atoms with Crippen LogP contribution in [-0.2, 0) is 0 Å². The van der Waals surface area contributed by atoms with Gasteiger partial charge >= 0.3 is 6.61 Å². The molecule has 0 spiro atoms. The Morgan fingerprint density at radius 3 is 2.33 bits per heavy atom. The fraction of sp³-hybridized carbons (Fsp3) is 0.364. The van der Waals surface area contributed by atoms with Crippen molar-refractivity contribution >= 4 is 5.78 Å². The maximum Gasteiger partial charge on any atom is 0.387 e. The third-order valence-electron chi connectivity index (χ3n) is 2.33. The predicted octanol–water partition coefficient (Wildman–Crippen LogP) is 3.11. The second-order valence-corrected chi connectivity index (χ2v) is 3.30. The number of carbonyl (C=O) groups excluding carboxylic acids is 1. The van der Waals surface area contributed by atoms with Crippen molar-refractivity contribution in [3.63, 3.8) is 0 Å². The number of ether oxygens (including phenoxy) is 1. The zero-order chi connectivity index (χ0) is 11.6. The Kier molecular flexibility index (Phi) is 3.39. The smallest absolute Gasteiger partial charge is 0.387 e. The molecule has 0 heterocycles. The Balaban J connectivity index is 3.15. The van der Waals surface area contributed by atoms with Gasteiger partial charge in [0.2, 0.25) is 0 Å². The van der Waals surface area contributed by atoms with E-state index in [1.807, 2.05) is 0 Å². The summed E-state index contributed by atoms with van der Waals surface area (Å²) in [6.45, 7) is 1.96. The highest BCUT2D eigenvalue weighted by molar-refractivity contribution is 5.96. The lowest BCUT2D eigenvalue weighted by Gasteiger charge is -2.12. The van der Waals surface area contributed by atoms with Crippen LogP contribution in [0.3, 0.4) is 0 Å². The van der Waals surface area contributed by atoms with E-state index in [0.717, 1.165) is 0 Å². The average molecular weight is 214 g/mol. The summed E-state index contributed by atoms with van der Waals surface area (Å²) >= 11 is 0. The van der Waals surface area contributed by atoms with E-state index in [1.54, 1.807) is 13.8 Å². The fourth-order valence-corrected chi connectivity index (χ4v) is 1.40. The number of benzene rings is 1. The van der Waals surface area contributed by atoms with Gasteiger partial charge in [0.15, 0.2) is 5.78 Å². The van der Waals surface area contributed by atoms with Gasteiger partial charge in [-0.25, -0.2) is 0 Å².